The molecule has 1 aliphatic rings. The zero-order valence-corrected chi connectivity index (χ0v) is 17.6. The molecule has 29 heavy (non-hydrogen) atoms. The first-order valence-electron chi connectivity index (χ1n) is 10.4. The van der Waals surface area contributed by atoms with E-state index in [-0.39, 0.29) is 5.91 Å². The van der Waals surface area contributed by atoms with Gasteiger partial charge in [-0.05, 0) is 50.7 Å². The number of nitrogens with zero attached hydrogens (tertiary/aromatic N) is 4. The van der Waals surface area contributed by atoms with E-state index < -0.39 is 0 Å². The first-order chi connectivity index (χ1) is 14.1. The number of hydrogen-bond acceptors (Lipinski definition) is 4. The Labute approximate surface area is 172 Å². The van der Waals surface area contributed by atoms with Crippen LogP contribution in [0.1, 0.15) is 41.4 Å². The van der Waals surface area contributed by atoms with E-state index in [0.29, 0.717) is 24.8 Å². The molecule has 2 N–H and O–H groups in total. The van der Waals surface area contributed by atoms with Gasteiger partial charge in [0.25, 0.3) is 5.91 Å². The maximum absolute atomic E-state index is 12.1. The van der Waals surface area contributed by atoms with E-state index >= 15 is 0 Å². The van der Waals surface area contributed by atoms with Crippen molar-refractivity contribution in [2.75, 3.05) is 32.7 Å². The van der Waals surface area contributed by atoms with E-state index in [1.54, 1.807) is 6.07 Å². The predicted octanol–water partition coefficient (Wildman–Crippen LogP) is 1.97. The zero-order valence-electron chi connectivity index (χ0n) is 17.6. The van der Waals surface area contributed by atoms with Gasteiger partial charge in [0.2, 0.25) is 0 Å². The van der Waals surface area contributed by atoms with Crippen molar-refractivity contribution in [2.45, 2.75) is 33.1 Å². The van der Waals surface area contributed by atoms with Crippen molar-refractivity contribution in [3.8, 4) is 0 Å². The van der Waals surface area contributed by atoms with Crippen LogP contribution in [0, 0.1) is 12.8 Å². The van der Waals surface area contributed by atoms with Gasteiger partial charge in [-0.2, -0.15) is 5.10 Å². The van der Waals surface area contributed by atoms with Gasteiger partial charge in [-0.15, -0.1) is 0 Å². The zero-order chi connectivity index (χ0) is 20.6. The molecule has 0 radical (unpaired) electrons. The molecule has 0 saturated carbocycles. The average Bonchev–Trinajstić information content (AvgIpc) is 3.42. The Morgan fingerprint density at radius 3 is 2.97 bits per heavy atom. The first-order valence-corrected chi connectivity index (χ1v) is 10.4. The summed E-state index contributed by atoms with van der Waals surface area (Å²) < 4.78 is 7.07. The summed E-state index contributed by atoms with van der Waals surface area (Å²) in [4.78, 5) is 19.2. The maximum atomic E-state index is 12.1. The summed E-state index contributed by atoms with van der Waals surface area (Å²) in [6, 6.07) is 1.79. The van der Waals surface area contributed by atoms with Crippen molar-refractivity contribution in [3.63, 3.8) is 0 Å². The molecule has 0 aromatic carbocycles. The Kier molecular flexibility index (Phi) is 7.32. The molecule has 0 aliphatic carbocycles. The van der Waals surface area contributed by atoms with Gasteiger partial charge in [0.05, 0.1) is 12.5 Å². The van der Waals surface area contributed by atoms with Crippen LogP contribution in [0.2, 0.25) is 0 Å². The number of likely N-dealkylation sites (tertiary alicyclic amines) is 1. The number of aliphatic imine (C=N–C) groups is 1. The third-order valence-corrected chi connectivity index (χ3v) is 5.15. The lowest BCUT2D eigenvalue weighted by atomic mass is 10.0. The van der Waals surface area contributed by atoms with Crippen molar-refractivity contribution in [2.24, 2.45) is 18.0 Å². The second-order valence-electron chi connectivity index (χ2n) is 7.60. The molecule has 3 heterocycles. The number of amides is 1. The number of carbonyl (C=O) groups excluding carboxylic acids is 1. The van der Waals surface area contributed by atoms with Crippen LogP contribution in [0.15, 0.2) is 34.1 Å². The number of rotatable bonds is 8. The number of hydrogen-bond donors (Lipinski definition) is 2. The van der Waals surface area contributed by atoms with Crippen molar-refractivity contribution < 1.29 is 9.21 Å². The lowest BCUT2D eigenvalue weighted by Gasteiger charge is -2.21. The smallest absolute Gasteiger partial charge is 0.287 e. The fourth-order valence-electron chi connectivity index (χ4n) is 3.68. The number of aryl methyl sites for hydroxylation is 2. The largest absolute Gasteiger partial charge is 0.459 e. The minimum absolute atomic E-state index is 0.166. The van der Waals surface area contributed by atoms with Gasteiger partial charge in [0.1, 0.15) is 0 Å². The molecule has 1 amide bonds. The van der Waals surface area contributed by atoms with Crippen LogP contribution in [0.3, 0.4) is 0 Å². The summed E-state index contributed by atoms with van der Waals surface area (Å²) in [5, 5.41) is 10.6. The number of guanidine groups is 1. The highest BCUT2D eigenvalue weighted by atomic mass is 16.3. The van der Waals surface area contributed by atoms with E-state index in [0.717, 1.165) is 50.4 Å². The summed E-state index contributed by atoms with van der Waals surface area (Å²) >= 11 is 0. The topological polar surface area (TPSA) is 87.7 Å². The van der Waals surface area contributed by atoms with Gasteiger partial charge in [-0.25, -0.2) is 0 Å². The monoisotopic (exact) mass is 400 g/mol. The quantitative estimate of drug-likeness (QED) is 0.402. The summed E-state index contributed by atoms with van der Waals surface area (Å²) in [6.07, 6.45) is 8.60. The van der Waals surface area contributed by atoms with Crippen LogP contribution in [0.4, 0.5) is 0 Å². The first kappa shape index (κ1) is 21.0. The minimum atomic E-state index is -0.166. The number of aromatic nitrogens is 2. The maximum Gasteiger partial charge on any atom is 0.287 e. The fourth-order valence-corrected chi connectivity index (χ4v) is 3.68. The van der Waals surface area contributed by atoms with E-state index in [9.17, 15) is 4.79 Å². The van der Waals surface area contributed by atoms with Crippen LogP contribution < -0.4 is 10.6 Å². The standard InChI is InChI=1S/C21H32N6O2/c1-4-22-21(24-9-5-8-23-20(28)19-16(2)7-11-29-19)27-10-6-17(15-27)12-18-13-25-26(3)14-18/h7,11,13-14,17H,4-6,8-10,12,15H2,1-3H3,(H,22,24)(H,23,28). The normalized spacial score (nSPS) is 17.0. The second-order valence-corrected chi connectivity index (χ2v) is 7.60. The Balaban J connectivity index is 1.43. The molecule has 2 aromatic rings. The number of furan rings is 1. The van der Waals surface area contributed by atoms with Crippen molar-refractivity contribution in [1.82, 2.24) is 25.3 Å². The molecule has 8 heteroatoms. The number of carbonyl (C=O) groups is 1. The Morgan fingerprint density at radius 1 is 1.41 bits per heavy atom. The molecule has 158 valence electrons. The van der Waals surface area contributed by atoms with Crippen LogP contribution in [-0.4, -0.2) is 59.3 Å². The molecule has 1 saturated heterocycles. The fraction of sp³-hybridized carbons (Fsp3) is 0.571. The number of nitrogens with one attached hydrogen (secondary N) is 2. The van der Waals surface area contributed by atoms with E-state index in [1.807, 2.05) is 24.9 Å². The highest BCUT2D eigenvalue weighted by Gasteiger charge is 2.25. The third kappa shape index (κ3) is 5.85. The highest BCUT2D eigenvalue weighted by Crippen LogP contribution is 2.20. The van der Waals surface area contributed by atoms with Gasteiger partial charge in [0, 0.05) is 51.5 Å². The van der Waals surface area contributed by atoms with Crippen LogP contribution in [0.25, 0.3) is 0 Å². The molecule has 1 unspecified atom stereocenters. The Bertz CT molecular complexity index is 825. The van der Waals surface area contributed by atoms with Crippen LogP contribution in [-0.2, 0) is 13.5 Å². The predicted molar refractivity (Wildman–Crippen MR) is 113 cm³/mol. The lowest BCUT2D eigenvalue weighted by Crippen LogP contribution is -2.40. The highest BCUT2D eigenvalue weighted by molar-refractivity contribution is 5.92. The molecular formula is C21H32N6O2. The summed E-state index contributed by atoms with van der Waals surface area (Å²) in [6.45, 7) is 8.07. The van der Waals surface area contributed by atoms with Gasteiger partial charge >= 0.3 is 0 Å². The van der Waals surface area contributed by atoms with E-state index in [2.05, 4.69) is 33.8 Å². The SMILES string of the molecule is CCNC(=NCCCNC(=O)c1occc1C)N1CCC(Cc2cnn(C)c2)C1. The molecule has 0 spiro atoms. The van der Waals surface area contributed by atoms with Crippen molar-refractivity contribution >= 4 is 11.9 Å². The van der Waals surface area contributed by atoms with E-state index in [1.165, 1.54) is 11.8 Å². The second kappa shape index (κ2) is 10.1. The molecule has 1 aliphatic heterocycles. The lowest BCUT2D eigenvalue weighted by molar-refractivity contribution is 0.0925. The van der Waals surface area contributed by atoms with Crippen LogP contribution in [0.5, 0.6) is 0 Å². The van der Waals surface area contributed by atoms with Gasteiger partial charge < -0.3 is 20.0 Å². The van der Waals surface area contributed by atoms with Gasteiger partial charge in [-0.1, -0.05) is 0 Å². The van der Waals surface area contributed by atoms with Gasteiger partial charge in [-0.3, -0.25) is 14.5 Å². The van der Waals surface area contributed by atoms with Crippen molar-refractivity contribution in [3.05, 3.63) is 41.6 Å². The third-order valence-electron chi connectivity index (χ3n) is 5.15. The van der Waals surface area contributed by atoms with Gasteiger partial charge in [0.15, 0.2) is 11.7 Å². The summed E-state index contributed by atoms with van der Waals surface area (Å²) in [7, 11) is 1.96. The molecule has 1 atom stereocenters. The van der Waals surface area contributed by atoms with Crippen molar-refractivity contribution in [1.29, 1.82) is 0 Å². The molecular weight excluding hydrogens is 368 g/mol. The molecule has 3 rings (SSSR count). The molecule has 8 nitrogen and oxygen atoms in total. The molecule has 1 fully saturated rings. The van der Waals surface area contributed by atoms with E-state index in [4.69, 9.17) is 9.41 Å². The molecule has 2 aromatic heterocycles. The Morgan fingerprint density at radius 2 is 2.28 bits per heavy atom. The summed E-state index contributed by atoms with van der Waals surface area (Å²) in [5.74, 6) is 1.81. The average molecular weight is 401 g/mol. The van der Waals surface area contributed by atoms with Crippen LogP contribution >= 0.6 is 0 Å². The minimum Gasteiger partial charge on any atom is -0.459 e. The molecule has 0 bridgehead atoms. The summed E-state index contributed by atoms with van der Waals surface area (Å²) in [5.41, 5.74) is 2.15. The Hall–Kier alpha value is -2.77.